The number of alkyl halides is 3. The molecule has 0 bridgehead atoms. The van der Waals surface area contributed by atoms with Crippen molar-refractivity contribution in [2.24, 2.45) is 0 Å². The van der Waals surface area contributed by atoms with Crippen molar-refractivity contribution in [3.05, 3.63) is 63.5 Å². The first-order chi connectivity index (χ1) is 13.7. The second-order valence-corrected chi connectivity index (χ2v) is 7.07. The van der Waals surface area contributed by atoms with Crippen molar-refractivity contribution in [3.63, 3.8) is 0 Å². The molecule has 3 rings (SSSR count). The van der Waals surface area contributed by atoms with Crippen molar-refractivity contribution in [2.75, 3.05) is 0 Å². The minimum Gasteiger partial charge on any atom is -0.356 e. The second-order valence-electron chi connectivity index (χ2n) is 5.99. The lowest BCUT2D eigenvalue weighted by molar-refractivity contribution is -0.137. The van der Waals surface area contributed by atoms with E-state index in [4.69, 9.17) is 9.73 Å². The number of thiophene rings is 1. The van der Waals surface area contributed by atoms with Gasteiger partial charge in [0.1, 0.15) is 5.69 Å². The van der Waals surface area contributed by atoms with E-state index < -0.39 is 29.6 Å². The Bertz CT molecular complexity index is 1030. The van der Waals surface area contributed by atoms with Gasteiger partial charge >= 0.3 is 6.18 Å². The van der Waals surface area contributed by atoms with Gasteiger partial charge in [-0.3, -0.25) is 14.8 Å². The Hall–Kier alpha value is -3.18. The molecule has 1 aromatic carbocycles. The summed E-state index contributed by atoms with van der Waals surface area (Å²) in [4.78, 5) is 24.1. The smallest absolute Gasteiger partial charge is 0.356 e. The molecule has 1 atom stereocenters. The molecule has 2 aromatic heterocycles. The number of carbonyl (C=O) groups is 2. The molecule has 0 saturated carbocycles. The van der Waals surface area contributed by atoms with Crippen LogP contribution in [0, 0.1) is 0 Å². The summed E-state index contributed by atoms with van der Waals surface area (Å²) in [5.74, 6) is -0.925. The monoisotopic (exact) mass is 425 g/mol. The molecular formula is C18H14F3N3O4S. The molecule has 0 aliphatic heterocycles. The van der Waals surface area contributed by atoms with Gasteiger partial charge in [0, 0.05) is 11.6 Å². The molecule has 3 aromatic rings. The summed E-state index contributed by atoms with van der Waals surface area (Å²) in [6.45, 7) is 1.65. The Kier molecular flexibility index (Phi) is 5.71. The fourth-order valence-electron chi connectivity index (χ4n) is 2.43. The van der Waals surface area contributed by atoms with Crippen LogP contribution < -0.4 is 10.8 Å². The Morgan fingerprint density at radius 2 is 1.72 bits per heavy atom. The molecule has 0 radical (unpaired) electrons. The van der Waals surface area contributed by atoms with Gasteiger partial charge in [0.2, 0.25) is 0 Å². The minimum atomic E-state index is -4.43. The van der Waals surface area contributed by atoms with E-state index >= 15 is 0 Å². The SMILES string of the molecule is CC(NC(=O)c1ccc(C(=O)NO)s1)c1cc(-c2ccc(C(F)(F)F)cc2)on1. The van der Waals surface area contributed by atoms with E-state index in [9.17, 15) is 22.8 Å². The predicted octanol–water partition coefficient (Wildman–Crippen LogP) is 4.03. The summed E-state index contributed by atoms with van der Waals surface area (Å²) < 4.78 is 43.1. The first-order valence-electron chi connectivity index (χ1n) is 8.18. The number of nitrogens with zero attached hydrogens (tertiary/aromatic N) is 1. The Morgan fingerprint density at radius 1 is 1.10 bits per heavy atom. The van der Waals surface area contributed by atoms with E-state index in [-0.39, 0.29) is 15.5 Å². The molecular weight excluding hydrogens is 411 g/mol. The molecule has 2 heterocycles. The summed E-state index contributed by atoms with van der Waals surface area (Å²) in [7, 11) is 0. The first-order valence-corrected chi connectivity index (χ1v) is 9.00. The van der Waals surface area contributed by atoms with E-state index in [2.05, 4.69) is 10.5 Å². The average molecular weight is 425 g/mol. The normalized spacial score (nSPS) is 12.4. The Balaban J connectivity index is 1.69. The van der Waals surface area contributed by atoms with Crippen molar-refractivity contribution in [1.82, 2.24) is 16.0 Å². The molecule has 2 amide bonds. The van der Waals surface area contributed by atoms with Crippen LogP contribution >= 0.6 is 11.3 Å². The van der Waals surface area contributed by atoms with Gasteiger partial charge in [-0.25, -0.2) is 5.48 Å². The number of benzene rings is 1. The highest BCUT2D eigenvalue weighted by Crippen LogP contribution is 2.31. The zero-order valence-electron chi connectivity index (χ0n) is 14.8. The fraction of sp³-hybridized carbons (Fsp3) is 0.167. The van der Waals surface area contributed by atoms with Gasteiger partial charge in [0.15, 0.2) is 5.76 Å². The third-order valence-electron chi connectivity index (χ3n) is 3.97. The van der Waals surface area contributed by atoms with Gasteiger partial charge in [0.05, 0.1) is 21.4 Å². The molecule has 7 nitrogen and oxygen atoms in total. The number of amides is 2. The zero-order valence-corrected chi connectivity index (χ0v) is 15.6. The van der Waals surface area contributed by atoms with Gasteiger partial charge in [-0.05, 0) is 31.2 Å². The predicted molar refractivity (Wildman–Crippen MR) is 96.4 cm³/mol. The zero-order chi connectivity index (χ0) is 21.2. The number of rotatable bonds is 5. The summed E-state index contributed by atoms with van der Waals surface area (Å²) in [6.07, 6.45) is -4.43. The molecule has 0 aliphatic rings. The van der Waals surface area contributed by atoms with Crippen molar-refractivity contribution in [3.8, 4) is 11.3 Å². The molecule has 1 unspecified atom stereocenters. The molecule has 11 heteroatoms. The van der Waals surface area contributed by atoms with Crippen LogP contribution in [-0.2, 0) is 6.18 Å². The topological polar surface area (TPSA) is 104 Å². The van der Waals surface area contributed by atoms with Crippen LogP contribution in [-0.4, -0.2) is 22.2 Å². The standard InChI is InChI=1S/C18H14F3N3O4S/c1-9(22-16(25)14-6-7-15(29-14)17(26)23-27)12-8-13(28-24-12)10-2-4-11(5-3-10)18(19,20)21/h2-9,27H,1H3,(H,22,25)(H,23,26). The van der Waals surface area contributed by atoms with E-state index in [1.807, 2.05) is 0 Å². The van der Waals surface area contributed by atoms with Crippen LogP contribution in [0.3, 0.4) is 0 Å². The molecule has 0 spiro atoms. The van der Waals surface area contributed by atoms with Crippen LogP contribution in [0.5, 0.6) is 0 Å². The van der Waals surface area contributed by atoms with Crippen LogP contribution in [0.4, 0.5) is 13.2 Å². The summed E-state index contributed by atoms with van der Waals surface area (Å²) >= 11 is 0.896. The van der Waals surface area contributed by atoms with E-state index in [1.54, 1.807) is 6.92 Å². The quantitative estimate of drug-likeness (QED) is 0.423. The van der Waals surface area contributed by atoms with Gasteiger partial charge in [-0.2, -0.15) is 13.2 Å². The second kappa shape index (κ2) is 8.05. The molecule has 29 heavy (non-hydrogen) atoms. The van der Waals surface area contributed by atoms with Gasteiger partial charge in [-0.1, -0.05) is 17.3 Å². The highest BCUT2D eigenvalue weighted by atomic mass is 32.1. The van der Waals surface area contributed by atoms with Crippen molar-refractivity contribution in [2.45, 2.75) is 19.1 Å². The van der Waals surface area contributed by atoms with Crippen LogP contribution in [0.25, 0.3) is 11.3 Å². The number of nitrogens with one attached hydrogen (secondary N) is 2. The number of halogens is 3. The molecule has 0 saturated heterocycles. The first kappa shape index (κ1) is 20.6. The third-order valence-corrected chi connectivity index (χ3v) is 5.05. The van der Waals surface area contributed by atoms with Gasteiger partial charge in [0.25, 0.3) is 11.8 Å². The number of hydrogen-bond donors (Lipinski definition) is 3. The van der Waals surface area contributed by atoms with Gasteiger partial charge in [-0.15, -0.1) is 11.3 Å². The largest absolute Gasteiger partial charge is 0.416 e. The lowest BCUT2D eigenvalue weighted by Crippen LogP contribution is -2.26. The van der Waals surface area contributed by atoms with Crippen LogP contribution in [0.1, 0.15) is 43.6 Å². The number of hydrogen-bond acceptors (Lipinski definition) is 6. The van der Waals surface area contributed by atoms with Crippen LogP contribution in [0.2, 0.25) is 0 Å². The van der Waals surface area contributed by atoms with Crippen molar-refractivity contribution in [1.29, 1.82) is 0 Å². The maximum atomic E-state index is 12.6. The number of hydroxylamine groups is 1. The fourth-order valence-corrected chi connectivity index (χ4v) is 3.23. The van der Waals surface area contributed by atoms with E-state index in [0.717, 1.165) is 23.5 Å². The van der Waals surface area contributed by atoms with Crippen LogP contribution in [0.15, 0.2) is 47.0 Å². The highest BCUT2D eigenvalue weighted by Gasteiger charge is 2.30. The third kappa shape index (κ3) is 4.63. The van der Waals surface area contributed by atoms with Crippen molar-refractivity contribution >= 4 is 23.2 Å². The lowest BCUT2D eigenvalue weighted by Gasteiger charge is -2.09. The summed E-state index contributed by atoms with van der Waals surface area (Å²) in [5, 5.41) is 15.1. The Morgan fingerprint density at radius 3 is 2.31 bits per heavy atom. The minimum absolute atomic E-state index is 0.163. The molecule has 152 valence electrons. The van der Waals surface area contributed by atoms with Crippen molar-refractivity contribution < 1.29 is 32.5 Å². The molecule has 3 N–H and O–H groups in total. The Labute approximate surface area is 166 Å². The number of aromatic nitrogens is 1. The highest BCUT2D eigenvalue weighted by molar-refractivity contribution is 7.15. The average Bonchev–Trinajstić information content (AvgIpc) is 3.36. The molecule has 0 aliphatic carbocycles. The summed E-state index contributed by atoms with van der Waals surface area (Å²) in [6, 6.07) is 8.23. The van der Waals surface area contributed by atoms with Gasteiger partial charge < -0.3 is 9.84 Å². The van der Waals surface area contributed by atoms with E-state index in [1.165, 1.54) is 35.8 Å². The van der Waals surface area contributed by atoms with E-state index in [0.29, 0.717) is 11.3 Å². The maximum Gasteiger partial charge on any atom is 0.416 e. The number of carbonyl (C=O) groups excluding carboxylic acids is 2. The molecule has 0 fully saturated rings. The maximum absolute atomic E-state index is 12.6. The summed E-state index contributed by atoms with van der Waals surface area (Å²) in [5.41, 5.74) is 1.50. The lowest BCUT2D eigenvalue weighted by atomic mass is 10.1.